The van der Waals surface area contributed by atoms with Gasteiger partial charge in [0.1, 0.15) is 10.8 Å². The first kappa shape index (κ1) is 19.9. The first-order valence-electron chi connectivity index (χ1n) is 9.19. The molecule has 0 amide bonds. The Kier molecular flexibility index (Phi) is 6.87. The van der Waals surface area contributed by atoms with E-state index in [1.54, 1.807) is 25.1 Å². The number of thioether (sulfide) groups is 1. The standard InChI is InChI=1S/C19H26N4O3S/c1-3-26-19(24)14-12-23(7-6-15(14)20)8-9-27-18-11-21-16-5-4-13(25-2)10-17(16)22-18/h4-5,10-11,14-15H,3,6-9,12,20H2,1-2H3/t14-,15+/m0/s1. The zero-order valence-electron chi connectivity index (χ0n) is 15.8. The van der Waals surface area contributed by atoms with Crippen molar-refractivity contribution in [3.8, 4) is 5.75 Å². The van der Waals surface area contributed by atoms with Crippen LogP contribution in [0.25, 0.3) is 11.0 Å². The predicted molar refractivity (Wildman–Crippen MR) is 106 cm³/mol. The van der Waals surface area contributed by atoms with Crippen molar-refractivity contribution in [1.29, 1.82) is 0 Å². The van der Waals surface area contributed by atoms with Crippen molar-refractivity contribution in [2.24, 2.45) is 11.7 Å². The van der Waals surface area contributed by atoms with E-state index < -0.39 is 0 Å². The van der Waals surface area contributed by atoms with E-state index in [2.05, 4.69) is 14.9 Å². The lowest BCUT2D eigenvalue weighted by atomic mass is 9.93. The van der Waals surface area contributed by atoms with E-state index >= 15 is 0 Å². The van der Waals surface area contributed by atoms with Crippen LogP contribution in [-0.4, -0.2) is 66.0 Å². The molecule has 7 nitrogen and oxygen atoms in total. The fraction of sp³-hybridized carbons (Fsp3) is 0.526. The molecule has 1 fully saturated rings. The molecular weight excluding hydrogens is 364 g/mol. The number of fused-ring (bicyclic) bond motifs is 1. The van der Waals surface area contributed by atoms with Crippen molar-refractivity contribution >= 4 is 28.8 Å². The second kappa shape index (κ2) is 9.34. The van der Waals surface area contributed by atoms with E-state index in [4.69, 9.17) is 15.2 Å². The summed E-state index contributed by atoms with van der Waals surface area (Å²) in [5.41, 5.74) is 7.78. The Morgan fingerprint density at radius 3 is 3.04 bits per heavy atom. The summed E-state index contributed by atoms with van der Waals surface area (Å²) in [6, 6.07) is 5.56. The summed E-state index contributed by atoms with van der Waals surface area (Å²) in [5, 5.41) is 0.881. The Morgan fingerprint density at radius 2 is 2.26 bits per heavy atom. The number of benzene rings is 1. The molecule has 1 aliphatic rings. The SMILES string of the molecule is CCOC(=O)[C@H]1CN(CCSc2cnc3ccc(OC)cc3n2)CC[C@H]1N. The summed E-state index contributed by atoms with van der Waals surface area (Å²) in [6.07, 6.45) is 2.61. The van der Waals surface area contributed by atoms with Gasteiger partial charge in [-0.2, -0.15) is 0 Å². The number of hydrogen-bond donors (Lipinski definition) is 1. The second-order valence-electron chi connectivity index (χ2n) is 6.52. The molecule has 2 atom stereocenters. The molecule has 0 unspecified atom stereocenters. The Balaban J connectivity index is 1.54. The Morgan fingerprint density at radius 1 is 1.41 bits per heavy atom. The number of piperidine rings is 1. The van der Waals surface area contributed by atoms with E-state index in [1.807, 2.05) is 25.1 Å². The summed E-state index contributed by atoms with van der Waals surface area (Å²) in [5.74, 6) is 1.22. The highest BCUT2D eigenvalue weighted by Gasteiger charge is 2.32. The molecule has 146 valence electrons. The summed E-state index contributed by atoms with van der Waals surface area (Å²) in [4.78, 5) is 23.4. The van der Waals surface area contributed by atoms with Crippen molar-refractivity contribution in [1.82, 2.24) is 14.9 Å². The van der Waals surface area contributed by atoms with Gasteiger partial charge in [-0.05, 0) is 32.0 Å². The number of ether oxygens (including phenoxy) is 2. The van der Waals surface area contributed by atoms with Crippen LogP contribution in [-0.2, 0) is 9.53 Å². The van der Waals surface area contributed by atoms with Gasteiger partial charge >= 0.3 is 5.97 Å². The van der Waals surface area contributed by atoms with Crippen molar-refractivity contribution in [2.45, 2.75) is 24.4 Å². The molecule has 1 aromatic heterocycles. The minimum atomic E-state index is -0.239. The van der Waals surface area contributed by atoms with Gasteiger partial charge in [-0.3, -0.25) is 9.78 Å². The van der Waals surface area contributed by atoms with E-state index in [0.29, 0.717) is 13.2 Å². The second-order valence-corrected chi connectivity index (χ2v) is 7.64. The smallest absolute Gasteiger partial charge is 0.311 e. The number of aromatic nitrogens is 2. The van der Waals surface area contributed by atoms with Crippen LogP contribution in [0.15, 0.2) is 29.4 Å². The highest BCUT2D eigenvalue weighted by molar-refractivity contribution is 7.99. The van der Waals surface area contributed by atoms with Crippen LogP contribution < -0.4 is 10.5 Å². The molecule has 0 aliphatic carbocycles. The highest BCUT2D eigenvalue weighted by Crippen LogP contribution is 2.23. The number of rotatable bonds is 7. The number of esters is 1. The van der Waals surface area contributed by atoms with Crippen LogP contribution >= 0.6 is 11.8 Å². The summed E-state index contributed by atoms with van der Waals surface area (Å²) in [6.45, 7) is 4.63. The van der Waals surface area contributed by atoms with Gasteiger partial charge in [0.05, 0.1) is 36.9 Å². The Labute approximate surface area is 163 Å². The third kappa shape index (κ3) is 5.09. The predicted octanol–water partition coefficient (Wildman–Crippen LogP) is 1.94. The van der Waals surface area contributed by atoms with Crippen molar-refractivity contribution in [2.75, 3.05) is 39.1 Å². The molecule has 0 bridgehead atoms. The van der Waals surface area contributed by atoms with Crippen LogP contribution in [0.5, 0.6) is 5.75 Å². The van der Waals surface area contributed by atoms with E-state index in [0.717, 1.165) is 47.1 Å². The minimum absolute atomic E-state index is 0.116. The lowest BCUT2D eigenvalue weighted by Gasteiger charge is -2.35. The van der Waals surface area contributed by atoms with Gasteiger partial charge < -0.3 is 20.1 Å². The van der Waals surface area contributed by atoms with Gasteiger partial charge in [-0.25, -0.2) is 4.98 Å². The van der Waals surface area contributed by atoms with Crippen molar-refractivity contribution < 1.29 is 14.3 Å². The maximum absolute atomic E-state index is 12.1. The molecule has 0 saturated carbocycles. The van der Waals surface area contributed by atoms with Crippen LogP contribution in [0.2, 0.25) is 0 Å². The lowest BCUT2D eigenvalue weighted by Crippen LogP contribution is -2.51. The number of likely N-dealkylation sites (tertiary alicyclic amines) is 1. The Hall–Kier alpha value is -1.90. The van der Waals surface area contributed by atoms with Crippen LogP contribution in [0, 0.1) is 5.92 Å². The zero-order valence-corrected chi connectivity index (χ0v) is 16.6. The maximum atomic E-state index is 12.1. The van der Waals surface area contributed by atoms with Crippen LogP contribution in [0.3, 0.4) is 0 Å². The number of nitrogens with zero attached hydrogens (tertiary/aromatic N) is 3. The number of methoxy groups -OCH3 is 1. The fourth-order valence-corrected chi connectivity index (χ4v) is 4.04. The maximum Gasteiger partial charge on any atom is 0.311 e. The van der Waals surface area contributed by atoms with E-state index in [9.17, 15) is 4.79 Å². The molecule has 3 rings (SSSR count). The number of hydrogen-bond acceptors (Lipinski definition) is 8. The highest BCUT2D eigenvalue weighted by atomic mass is 32.2. The van der Waals surface area contributed by atoms with Gasteiger partial charge in [0.15, 0.2) is 0 Å². The van der Waals surface area contributed by atoms with E-state index in [1.165, 1.54) is 0 Å². The van der Waals surface area contributed by atoms with Gasteiger partial charge in [-0.15, -0.1) is 11.8 Å². The molecule has 0 spiro atoms. The molecule has 1 aromatic carbocycles. The van der Waals surface area contributed by atoms with Crippen LogP contribution in [0.4, 0.5) is 0 Å². The molecule has 1 aliphatic heterocycles. The third-order valence-corrected chi connectivity index (χ3v) is 5.60. The molecule has 1 saturated heterocycles. The average molecular weight is 391 g/mol. The summed E-state index contributed by atoms with van der Waals surface area (Å²) < 4.78 is 10.4. The average Bonchev–Trinajstić information content (AvgIpc) is 2.68. The molecule has 0 radical (unpaired) electrons. The molecule has 2 N–H and O–H groups in total. The quantitative estimate of drug-likeness (QED) is 0.567. The topological polar surface area (TPSA) is 90.6 Å². The number of carbonyl (C=O) groups excluding carboxylic acids is 1. The zero-order chi connectivity index (χ0) is 19.2. The summed E-state index contributed by atoms with van der Waals surface area (Å²) >= 11 is 1.66. The van der Waals surface area contributed by atoms with Gasteiger partial charge in [-0.1, -0.05) is 0 Å². The third-order valence-electron chi connectivity index (χ3n) is 4.72. The van der Waals surface area contributed by atoms with Crippen LogP contribution in [0.1, 0.15) is 13.3 Å². The molecule has 2 heterocycles. The lowest BCUT2D eigenvalue weighted by molar-refractivity contribution is -0.150. The Bertz CT molecular complexity index is 789. The fourth-order valence-electron chi connectivity index (χ4n) is 3.19. The monoisotopic (exact) mass is 390 g/mol. The summed E-state index contributed by atoms with van der Waals surface area (Å²) in [7, 11) is 1.64. The first-order chi connectivity index (χ1) is 13.1. The number of carbonyl (C=O) groups is 1. The number of nitrogens with two attached hydrogens (primary N) is 1. The molecule has 27 heavy (non-hydrogen) atoms. The first-order valence-corrected chi connectivity index (χ1v) is 10.2. The van der Waals surface area contributed by atoms with Gasteiger partial charge in [0.2, 0.25) is 0 Å². The largest absolute Gasteiger partial charge is 0.497 e. The normalized spacial score (nSPS) is 20.6. The molecular formula is C19H26N4O3S. The van der Waals surface area contributed by atoms with Gasteiger partial charge in [0, 0.05) is 31.0 Å². The van der Waals surface area contributed by atoms with E-state index in [-0.39, 0.29) is 17.9 Å². The molecule has 8 heteroatoms. The van der Waals surface area contributed by atoms with Gasteiger partial charge in [0.25, 0.3) is 0 Å². The minimum Gasteiger partial charge on any atom is -0.497 e. The van der Waals surface area contributed by atoms with Crippen molar-refractivity contribution in [3.63, 3.8) is 0 Å². The molecule has 2 aromatic rings. The van der Waals surface area contributed by atoms with Crippen molar-refractivity contribution in [3.05, 3.63) is 24.4 Å².